The van der Waals surface area contributed by atoms with Crippen molar-refractivity contribution in [3.63, 3.8) is 0 Å². The molecule has 0 atom stereocenters. The summed E-state index contributed by atoms with van der Waals surface area (Å²) in [6, 6.07) is 16.6. The Kier molecular flexibility index (Phi) is 11.1. The van der Waals surface area contributed by atoms with Gasteiger partial charge in [0, 0.05) is 13.2 Å². The highest BCUT2D eigenvalue weighted by Gasteiger charge is 2.17. The van der Waals surface area contributed by atoms with Crippen molar-refractivity contribution >= 4 is 39.4 Å². The maximum atomic E-state index is 6.14. The summed E-state index contributed by atoms with van der Waals surface area (Å²) in [5.74, 6) is 0. The molecule has 0 amide bonds. The second-order valence-electron chi connectivity index (χ2n) is 10.8. The quantitative estimate of drug-likeness (QED) is 0.159. The van der Waals surface area contributed by atoms with E-state index in [0.29, 0.717) is 0 Å². The summed E-state index contributed by atoms with van der Waals surface area (Å²) >= 11 is 0. The average molecular weight is 497 g/mol. The van der Waals surface area contributed by atoms with Crippen LogP contribution in [0, 0.1) is 13.8 Å². The molecule has 0 bridgehead atoms. The molecule has 0 aromatic heterocycles. The van der Waals surface area contributed by atoms with Gasteiger partial charge in [-0.25, -0.2) is 0 Å². The molecule has 0 heterocycles. The van der Waals surface area contributed by atoms with Crippen LogP contribution in [0.3, 0.4) is 0 Å². The lowest BCUT2D eigenvalue weighted by Gasteiger charge is -2.19. The molecule has 2 rings (SSSR count). The van der Waals surface area contributed by atoms with Gasteiger partial charge >= 0.3 is 0 Å². The summed E-state index contributed by atoms with van der Waals surface area (Å²) in [5.41, 5.74) is 6.50. The van der Waals surface area contributed by atoms with E-state index in [-0.39, 0.29) is 0 Å². The SMILES string of the molecule is Cc1ccccc1N=C(CCCO[Si](C)(C)C)C(CCCO[Si](C)(C)C)=Nc1ccccc1C. The Morgan fingerprint density at radius 1 is 0.618 bits per heavy atom. The minimum absolute atomic E-state index is 0.763. The van der Waals surface area contributed by atoms with Gasteiger partial charge in [0.15, 0.2) is 16.6 Å². The summed E-state index contributed by atoms with van der Waals surface area (Å²) in [6.07, 6.45) is 3.57. The van der Waals surface area contributed by atoms with Gasteiger partial charge in [0.05, 0.1) is 22.8 Å². The minimum atomic E-state index is -1.53. The first-order chi connectivity index (χ1) is 15.9. The minimum Gasteiger partial charge on any atom is -0.418 e. The van der Waals surface area contributed by atoms with Crippen LogP contribution >= 0.6 is 0 Å². The summed E-state index contributed by atoms with van der Waals surface area (Å²) < 4.78 is 12.3. The molecule has 0 fully saturated rings. The van der Waals surface area contributed by atoms with E-state index in [4.69, 9.17) is 18.8 Å². The van der Waals surface area contributed by atoms with Crippen LogP contribution < -0.4 is 0 Å². The summed E-state index contributed by atoms with van der Waals surface area (Å²) in [5, 5.41) is 0. The zero-order valence-electron chi connectivity index (χ0n) is 22.6. The molecular weight excluding hydrogens is 452 g/mol. The number of nitrogens with zero attached hydrogens (tertiary/aromatic N) is 2. The van der Waals surface area contributed by atoms with Crippen LogP contribution in [0.15, 0.2) is 58.5 Å². The lowest BCUT2D eigenvalue weighted by Crippen LogP contribution is -2.27. The summed E-state index contributed by atoms with van der Waals surface area (Å²) in [6.45, 7) is 19.2. The fraction of sp³-hybridized carbons (Fsp3) is 0.500. The third kappa shape index (κ3) is 11.0. The van der Waals surface area contributed by atoms with Crippen LogP contribution in [-0.4, -0.2) is 41.3 Å². The number of aryl methyl sites for hydroxylation is 2. The molecule has 0 aliphatic carbocycles. The lowest BCUT2D eigenvalue weighted by atomic mass is 10.0. The smallest absolute Gasteiger partial charge is 0.183 e. The van der Waals surface area contributed by atoms with Gasteiger partial charge in [0.1, 0.15) is 0 Å². The van der Waals surface area contributed by atoms with Gasteiger partial charge in [-0.2, -0.15) is 0 Å². The Morgan fingerprint density at radius 2 is 0.971 bits per heavy atom. The van der Waals surface area contributed by atoms with Crippen molar-refractivity contribution in [1.29, 1.82) is 0 Å². The Morgan fingerprint density at radius 3 is 1.29 bits per heavy atom. The van der Waals surface area contributed by atoms with Crippen LogP contribution in [0.2, 0.25) is 39.3 Å². The number of rotatable bonds is 13. The lowest BCUT2D eigenvalue weighted by molar-refractivity contribution is 0.306. The van der Waals surface area contributed by atoms with Gasteiger partial charge in [0.25, 0.3) is 0 Å². The molecule has 2 aromatic carbocycles. The van der Waals surface area contributed by atoms with Crippen LogP contribution in [0.4, 0.5) is 11.4 Å². The van der Waals surface area contributed by atoms with Crippen molar-refractivity contribution in [2.75, 3.05) is 13.2 Å². The molecule has 34 heavy (non-hydrogen) atoms. The molecule has 4 nitrogen and oxygen atoms in total. The van der Waals surface area contributed by atoms with E-state index >= 15 is 0 Å². The van der Waals surface area contributed by atoms with Crippen molar-refractivity contribution in [3.05, 3.63) is 59.7 Å². The first-order valence-corrected chi connectivity index (χ1v) is 19.3. The Bertz CT molecular complexity index is 893. The fourth-order valence-electron chi connectivity index (χ4n) is 3.43. The standard InChI is InChI=1S/C28H44N2O2Si2/c1-23-15-9-11-17-25(23)29-27(19-13-21-31-33(3,4)5)28(20-14-22-32-34(6,7)8)30-26-18-12-10-16-24(26)2/h9-12,15-18H,13-14,19-22H2,1-8H3. The van der Waals surface area contributed by atoms with Crippen LogP contribution in [0.5, 0.6) is 0 Å². The molecule has 0 N–H and O–H groups in total. The molecule has 186 valence electrons. The predicted molar refractivity (Wildman–Crippen MR) is 154 cm³/mol. The first-order valence-electron chi connectivity index (χ1n) is 12.5. The average Bonchev–Trinajstić information content (AvgIpc) is 2.74. The van der Waals surface area contributed by atoms with Gasteiger partial charge in [-0.3, -0.25) is 9.98 Å². The summed E-state index contributed by atoms with van der Waals surface area (Å²) in [7, 11) is -3.07. The summed E-state index contributed by atoms with van der Waals surface area (Å²) in [4.78, 5) is 10.3. The molecule has 0 radical (unpaired) electrons. The highest BCUT2D eigenvalue weighted by Crippen LogP contribution is 2.23. The van der Waals surface area contributed by atoms with Gasteiger partial charge in [-0.15, -0.1) is 0 Å². The number of benzene rings is 2. The number of hydrogen-bond acceptors (Lipinski definition) is 4. The molecule has 0 spiro atoms. The normalized spacial score (nSPS) is 13.4. The first kappa shape index (κ1) is 28.4. The van der Waals surface area contributed by atoms with E-state index in [0.717, 1.165) is 61.7 Å². The monoisotopic (exact) mass is 496 g/mol. The van der Waals surface area contributed by atoms with E-state index < -0.39 is 16.6 Å². The Balaban J connectivity index is 2.37. The third-order valence-corrected chi connectivity index (χ3v) is 7.40. The maximum absolute atomic E-state index is 6.14. The van der Waals surface area contributed by atoms with Gasteiger partial charge in [-0.05, 0) is 102 Å². The van der Waals surface area contributed by atoms with E-state index in [2.05, 4.69) is 102 Å². The molecule has 0 aliphatic rings. The third-order valence-electron chi connectivity index (χ3n) is 5.26. The maximum Gasteiger partial charge on any atom is 0.183 e. The topological polar surface area (TPSA) is 43.2 Å². The van der Waals surface area contributed by atoms with Gasteiger partial charge in [-0.1, -0.05) is 36.4 Å². The fourth-order valence-corrected chi connectivity index (χ4v) is 4.95. The molecular formula is C28H44N2O2Si2. The number of aliphatic imine (C=N–C) groups is 2. The Labute approximate surface area is 209 Å². The predicted octanol–water partition coefficient (Wildman–Crippen LogP) is 8.41. The molecule has 0 aliphatic heterocycles. The van der Waals surface area contributed by atoms with Crippen LogP contribution in [0.25, 0.3) is 0 Å². The highest BCUT2D eigenvalue weighted by atomic mass is 28.4. The second-order valence-corrected chi connectivity index (χ2v) is 19.8. The molecule has 2 aromatic rings. The number of hydrogen-bond donors (Lipinski definition) is 0. The van der Waals surface area contributed by atoms with Gasteiger partial charge < -0.3 is 8.85 Å². The molecule has 0 unspecified atom stereocenters. The van der Waals surface area contributed by atoms with Crippen molar-refractivity contribution < 1.29 is 8.85 Å². The van der Waals surface area contributed by atoms with Gasteiger partial charge in [0.2, 0.25) is 0 Å². The largest absolute Gasteiger partial charge is 0.418 e. The van der Waals surface area contributed by atoms with E-state index in [1.807, 2.05) is 0 Å². The van der Waals surface area contributed by atoms with Crippen molar-refractivity contribution in [3.8, 4) is 0 Å². The van der Waals surface area contributed by atoms with Crippen molar-refractivity contribution in [2.45, 2.75) is 78.8 Å². The van der Waals surface area contributed by atoms with Crippen LogP contribution in [0.1, 0.15) is 36.8 Å². The van der Waals surface area contributed by atoms with E-state index in [1.165, 1.54) is 11.1 Å². The number of para-hydroxylation sites is 2. The second kappa shape index (κ2) is 13.3. The van der Waals surface area contributed by atoms with E-state index in [9.17, 15) is 0 Å². The zero-order valence-corrected chi connectivity index (χ0v) is 24.6. The zero-order chi connectivity index (χ0) is 25.2. The molecule has 0 saturated heterocycles. The van der Waals surface area contributed by atoms with Crippen LogP contribution in [-0.2, 0) is 8.85 Å². The van der Waals surface area contributed by atoms with E-state index in [1.54, 1.807) is 0 Å². The molecule has 6 heteroatoms. The molecule has 0 saturated carbocycles. The van der Waals surface area contributed by atoms with Crippen molar-refractivity contribution in [2.24, 2.45) is 9.98 Å². The van der Waals surface area contributed by atoms with Crippen molar-refractivity contribution in [1.82, 2.24) is 0 Å². The highest BCUT2D eigenvalue weighted by molar-refractivity contribution is 6.70. The Hall–Kier alpha value is -1.87.